The monoisotopic (exact) mass is 403 g/mol. The van der Waals surface area contributed by atoms with Crippen LogP contribution in [0.4, 0.5) is 0 Å². The van der Waals surface area contributed by atoms with E-state index >= 15 is 0 Å². The van der Waals surface area contributed by atoms with E-state index in [0.29, 0.717) is 16.7 Å². The first-order valence-corrected chi connectivity index (χ1v) is 9.14. The van der Waals surface area contributed by atoms with Gasteiger partial charge in [-0.2, -0.15) is 0 Å². The lowest BCUT2D eigenvalue weighted by Gasteiger charge is -2.13. The van der Waals surface area contributed by atoms with Crippen LogP contribution in [0.3, 0.4) is 0 Å². The van der Waals surface area contributed by atoms with Gasteiger partial charge in [-0.1, -0.05) is 29.8 Å². The molecule has 0 amide bonds. The van der Waals surface area contributed by atoms with Crippen LogP contribution < -0.4 is 4.72 Å². The van der Waals surface area contributed by atoms with Gasteiger partial charge in [0.15, 0.2) is 0 Å². The highest BCUT2D eigenvalue weighted by Gasteiger charge is 2.20. The van der Waals surface area contributed by atoms with E-state index in [4.69, 9.17) is 0 Å². The largest absolute Gasteiger partial charge is 0.250 e. The van der Waals surface area contributed by atoms with Gasteiger partial charge >= 0.3 is 0 Å². The molecule has 0 saturated heterocycles. The van der Waals surface area contributed by atoms with Crippen molar-refractivity contribution in [1.82, 2.24) is 4.72 Å². The van der Waals surface area contributed by atoms with E-state index in [1.165, 1.54) is 11.3 Å². The van der Waals surface area contributed by atoms with E-state index in [1.54, 1.807) is 6.07 Å². The molecule has 0 aromatic carbocycles. The fourth-order valence-electron chi connectivity index (χ4n) is 1.06. The van der Waals surface area contributed by atoms with Crippen LogP contribution in [0.25, 0.3) is 0 Å². The molecule has 1 atom stereocenters. The molecule has 3 nitrogen and oxygen atoms in total. The molecule has 0 aliphatic carbocycles. The van der Waals surface area contributed by atoms with Gasteiger partial charge in [-0.05, 0) is 40.4 Å². The van der Waals surface area contributed by atoms with Gasteiger partial charge in [-0.25, -0.2) is 13.1 Å². The lowest BCUT2D eigenvalue weighted by atomic mass is 10.1. The smallest absolute Gasteiger partial charge is 0.209 e. The number of alkyl halides is 1. The topological polar surface area (TPSA) is 46.2 Å². The normalized spacial score (nSPS) is 14.2. The van der Waals surface area contributed by atoms with Crippen LogP contribution in [0.1, 0.15) is 19.4 Å². The van der Waals surface area contributed by atoms with Crippen LogP contribution >= 0.6 is 43.2 Å². The first kappa shape index (κ1) is 15.6. The predicted octanol–water partition coefficient (Wildman–Crippen LogP) is 3.52. The summed E-state index contributed by atoms with van der Waals surface area (Å²) in [6.45, 7) is 6.36. The number of halogens is 2. The summed E-state index contributed by atoms with van der Waals surface area (Å²) in [5, 5.41) is 0. The standard InChI is InChI=1S/C10H15Br2NO2S2/c1-6(2)8(11)5-13-17(14,15)9-4-7(3)10(12)16-9/h4,6,8,13H,5H2,1-3H3. The molecule has 1 rings (SSSR count). The van der Waals surface area contributed by atoms with Crippen molar-refractivity contribution in [2.75, 3.05) is 6.54 Å². The molecular formula is C10H15Br2NO2S2. The van der Waals surface area contributed by atoms with Gasteiger partial charge in [0.05, 0.1) is 3.79 Å². The fourth-order valence-corrected chi connectivity index (χ4v) is 4.77. The summed E-state index contributed by atoms with van der Waals surface area (Å²) in [4.78, 5) is 0.141. The summed E-state index contributed by atoms with van der Waals surface area (Å²) in [5.41, 5.74) is 0.939. The Balaban J connectivity index is 2.76. The van der Waals surface area contributed by atoms with Crippen LogP contribution in [-0.2, 0) is 10.0 Å². The van der Waals surface area contributed by atoms with Gasteiger partial charge in [0, 0.05) is 11.4 Å². The highest BCUT2D eigenvalue weighted by molar-refractivity contribution is 9.11. The summed E-state index contributed by atoms with van der Waals surface area (Å²) >= 11 is 8.02. The highest BCUT2D eigenvalue weighted by atomic mass is 79.9. The molecular weight excluding hydrogens is 390 g/mol. The highest BCUT2D eigenvalue weighted by Crippen LogP contribution is 2.30. The Kier molecular flexibility index (Phi) is 5.65. The molecule has 7 heteroatoms. The zero-order valence-electron chi connectivity index (χ0n) is 9.83. The Morgan fingerprint density at radius 1 is 1.47 bits per heavy atom. The molecule has 0 radical (unpaired) electrons. The Morgan fingerprint density at radius 2 is 2.06 bits per heavy atom. The average molecular weight is 405 g/mol. The fraction of sp³-hybridized carbons (Fsp3) is 0.600. The summed E-state index contributed by atoms with van der Waals surface area (Å²) in [6.07, 6.45) is 0. The Labute approximate surface area is 123 Å². The molecule has 1 aromatic heterocycles. The first-order valence-electron chi connectivity index (χ1n) is 5.13. The van der Waals surface area contributed by atoms with Gasteiger partial charge in [0.25, 0.3) is 0 Å². The van der Waals surface area contributed by atoms with E-state index in [1.807, 2.05) is 20.8 Å². The third kappa shape index (κ3) is 4.31. The molecule has 0 spiro atoms. The number of thiophene rings is 1. The minimum atomic E-state index is -3.38. The molecule has 0 bridgehead atoms. The first-order chi connectivity index (χ1) is 7.74. The van der Waals surface area contributed by atoms with Gasteiger partial charge in [0.1, 0.15) is 4.21 Å². The van der Waals surface area contributed by atoms with E-state index in [2.05, 4.69) is 36.6 Å². The lowest BCUT2D eigenvalue weighted by molar-refractivity contribution is 0.564. The minimum Gasteiger partial charge on any atom is -0.209 e. The van der Waals surface area contributed by atoms with Crippen molar-refractivity contribution in [3.05, 3.63) is 15.4 Å². The molecule has 0 aliphatic rings. The van der Waals surface area contributed by atoms with E-state index in [0.717, 1.165) is 9.35 Å². The SMILES string of the molecule is Cc1cc(S(=O)(=O)NCC(Br)C(C)C)sc1Br. The maximum Gasteiger partial charge on any atom is 0.250 e. The second-order valence-electron chi connectivity index (χ2n) is 4.13. The van der Waals surface area contributed by atoms with Gasteiger partial charge in [-0.3, -0.25) is 0 Å². The molecule has 17 heavy (non-hydrogen) atoms. The summed E-state index contributed by atoms with van der Waals surface area (Å²) in [6, 6.07) is 1.68. The van der Waals surface area contributed by atoms with Crippen LogP contribution in [0.5, 0.6) is 0 Å². The third-order valence-corrected chi connectivity index (χ3v) is 7.71. The van der Waals surface area contributed by atoms with Gasteiger partial charge < -0.3 is 0 Å². The van der Waals surface area contributed by atoms with E-state index < -0.39 is 10.0 Å². The maximum absolute atomic E-state index is 12.0. The average Bonchev–Trinajstić information content (AvgIpc) is 2.56. The quantitative estimate of drug-likeness (QED) is 0.763. The summed E-state index contributed by atoms with van der Waals surface area (Å²) < 4.78 is 27.8. The summed E-state index contributed by atoms with van der Waals surface area (Å²) in [7, 11) is -3.38. The zero-order chi connectivity index (χ0) is 13.2. The third-order valence-electron chi connectivity index (χ3n) is 2.29. The lowest BCUT2D eigenvalue weighted by Crippen LogP contribution is -2.31. The van der Waals surface area contributed by atoms with Crippen LogP contribution in [0.15, 0.2) is 14.1 Å². The number of sulfonamides is 1. The van der Waals surface area contributed by atoms with E-state index in [9.17, 15) is 8.42 Å². The Bertz CT molecular complexity index is 463. The Morgan fingerprint density at radius 3 is 2.47 bits per heavy atom. The Hall–Kier alpha value is 0.570. The maximum atomic E-state index is 12.0. The van der Waals surface area contributed by atoms with Crippen molar-refractivity contribution >= 4 is 53.2 Å². The van der Waals surface area contributed by atoms with Crippen molar-refractivity contribution in [3.63, 3.8) is 0 Å². The predicted molar refractivity (Wildman–Crippen MR) is 79.5 cm³/mol. The zero-order valence-corrected chi connectivity index (χ0v) is 14.6. The number of hydrogen-bond donors (Lipinski definition) is 1. The van der Waals surface area contributed by atoms with Crippen molar-refractivity contribution < 1.29 is 8.42 Å². The number of nitrogens with one attached hydrogen (secondary N) is 1. The number of hydrogen-bond acceptors (Lipinski definition) is 3. The van der Waals surface area contributed by atoms with Crippen molar-refractivity contribution in [2.45, 2.75) is 29.8 Å². The minimum absolute atomic E-state index is 0.141. The molecule has 0 saturated carbocycles. The molecule has 1 N–H and O–H groups in total. The molecule has 1 unspecified atom stereocenters. The molecule has 1 aromatic rings. The van der Waals surface area contributed by atoms with Crippen molar-refractivity contribution in [2.24, 2.45) is 5.92 Å². The van der Waals surface area contributed by atoms with E-state index in [-0.39, 0.29) is 4.83 Å². The van der Waals surface area contributed by atoms with Crippen LogP contribution in [0.2, 0.25) is 0 Å². The second-order valence-corrected chi connectivity index (χ2v) is 9.67. The van der Waals surface area contributed by atoms with Gasteiger partial charge in [0.2, 0.25) is 10.0 Å². The number of rotatable bonds is 5. The number of aryl methyl sites for hydroxylation is 1. The van der Waals surface area contributed by atoms with Crippen molar-refractivity contribution in [1.29, 1.82) is 0 Å². The second kappa shape index (κ2) is 6.14. The van der Waals surface area contributed by atoms with Gasteiger partial charge in [-0.15, -0.1) is 11.3 Å². The van der Waals surface area contributed by atoms with Crippen molar-refractivity contribution in [3.8, 4) is 0 Å². The molecule has 1 heterocycles. The van der Waals surface area contributed by atoms with Crippen LogP contribution in [-0.4, -0.2) is 19.8 Å². The van der Waals surface area contributed by atoms with Crippen LogP contribution in [0, 0.1) is 12.8 Å². The molecule has 0 aliphatic heterocycles. The molecule has 98 valence electrons. The molecule has 0 fully saturated rings. The summed E-state index contributed by atoms with van der Waals surface area (Å²) in [5.74, 6) is 0.384.